The van der Waals surface area contributed by atoms with Gasteiger partial charge in [-0.2, -0.15) is 0 Å². The number of nitrogens with zero attached hydrogens (tertiary/aromatic N) is 1. The van der Waals surface area contributed by atoms with E-state index in [9.17, 15) is 9.59 Å². The van der Waals surface area contributed by atoms with E-state index in [0.29, 0.717) is 11.1 Å². The van der Waals surface area contributed by atoms with Crippen LogP contribution in [0.3, 0.4) is 0 Å². The van der Waals surface area contributed by atoms with Crippen LogP contribution in [0.25, 0.3) is 11.1 Å². The lowest BCUT2D eigenvalue weighted by Gasteiger charge is -1.93. The van der Waals surface area contributed by atoms with Gasteiger partial charge in [0.1, 0.15) is 11.1 Å². The average molecular weight is 202 g/mol. The quantitative estimate of drug-likeness (QED) is 0.647. The van der Waals surface area contributed by atoms with Crippen molar-refractivity contribution < 1.29 is 14.0 Å². The summed E-state index contributed by atoms with van der Waals surface area (Å²) in [6.07, 6.45) is 0. The van der Waals surface area contributed by atoms with Crippen molar-refractivity contribution >= 4 is 22.9 Å². The molecule has 5 nitrogen and oxygen atoms in total. The first kappa shape index (κ1) is 8.16. The number of imide groups is 1. The van der Waals surface area contributed by atoms with Gasteiger partial charge in [0, 0.05) is 5.69 Å². The van der Waals surface area contributed by atoms with Crippen molar-refractivity contribution in [2.24, 2.45) is 0 Å². The molecule has 0 aliphatic carbocycles. The van der Waals surface area contributed by atoms with Crippen LogP contribution in [-0.2, 0) is 0 Å². The minimum atomic E-state index is -0.495. The van der Waals surface area contributed by atoms with Gasteiger partial charge in [0.25, 0.3) is 11.8 Å². The maximum atomic E-state index is 11.4. The number of rotatable bonds is 0. The number of pyridine rings is 1. The summed E-state index contributed by atoms with van der Waals surface area (Å²) in [6.45, 7) is 1.81. The molecule has 0 saturated carbocycles. The Labute approximate surface area is 84.1 Å². The zero-order valence-corrected chi connectivity index (χ0v) is 7.83. The predicted octanol–water partition coefficient (Wildman–Crippen LogP) is 1.02. The maximum Gasteiger partial charge on any atom is 0.294 e. The van der Waals surface area contributed by atoms with Gasteiger partial charge in [-0.3, -0.25) is 14.9 Å². The highest BCUT2D eigenvalue weighted by atomic mass is 16.4. The molecular formula is C10H6N2O3. The number of aromatic nitrogens is 1. The topological polar surface area (TPSA) is 72.2 Å². The van der Waals surface area contributed by atoms with Gasteiger partial charge in [0.15, 0.2) is 5.58 Å². The first-order chi connectivity index (χ1) is 7.16. The number of furan rings is 1. The Kier molecular flexibility index (Phi) is 1.33. The predicted molar refractivity (Wildman–Crippen MR) is 50.5 cm³/mol. The standard InChI is InChI=1S/C10H6N2O3/c1-4-2-3-5-7(11-4)6-8(15-5)10(14)12-9(6)13/h2-3H,1H3,(H,12,13,14). The summed E-state index contributed by atoms with van der Waals surface area (Å²) < 4.78 is 5.25. The maximum absolute atomic E-state index is 11.4. The molecule has 0 unspecified atom stereocenters. The number of fused-ring (bicyclic) bond motifs is 3. The van der Waals surface area contributed by atoms with E-state index in [1.54, 1.807) is 12.1 Å². The van der Waals surface area contributed by atoms with Crippen LogP contribution in [0.2, 0.25) is 0 Å². The second-order valence-electron chi connectivity index (χ2n) is 3.39. The largest absolute Gasteiger partial charge is 0.448 e. The molecule has 0 fully saturated rings. The fraction of sp³-hybridized carbons (Fsp3) is 0.100. The molecule has 0 radical (unpaired) electrons. The summed E-state index contributed by atoms with van der Waals surface area (Å²) in [5.74, 6) is -0.870. The first-order valence-corrected chi connectivity index (χ1v) is 4.42. The van der Waals surface area contributed by atoms with Crippen LogP contribution in [-0.4, -0.2) is 16.8 Å². The van der Waals surface area contributed by atoms with E-state index in [0.717, 1.165) is 5.69 Å². The van der Waals surface area contributed by atoms with Crippen molar-refractivity contribution in [3.63, 3.8) is 0 Å². The van der Waals surface area contributed by atoms with Gasteiger partial charge in [-0.05, 0) is 19.1 Å². The zero-order valence-electron chi connectivity index (χ0n) is 7.83. The highest BCUT2D eigenvalue weighted by Crippen LogP contribution is 2.27. The Hall–Kier alpha value is -2.17. The zero-order chi connectivity index (χ0) is 10.6. The molecule has 1 N–H and O–H groups in total. The molecule has 0 atom stereocenters. The van der Waals surface area contributed by atoms with Gasteiger partial charge in [0.2, 0.25) is 5.76 Å². The number of nitrogens with one attached hydrogen (secondary N) is 1. The minimum Gasteiger partial charge on any atom is -0.448 e. The van der Waals surface area contributed by atoms with Crippen LogP contribution in [0.5, 0.6) is 0 Å². The fourth-order valence-corrected chi connectivity index (χ4v) is 1.67. The molecule has 15 heavy (non-hydrogen) atoms. The second-order valence-corrected chi connectivity index (χ2v) is 3.39. The summed E-state index contributed by atoms with van der Waals surface area (Å²) in [7, 11) is 0. The summed E-state index contributed by atoms with van der Waals surface area (Å²) in [6, 6.07) is 3.47. The molecule has 3 heterocycles. The van der Waals surface area contributed by atoms with E-state index in [-0.39, 0.29) is 11.3 Å². The Bertz CT molecular complexity index is 612. The third-order valence-electron chi connectivity index (χ3n) is 2.33. The van der Waals surface area contributed by atoms with Gasteiger partial charge >= 0.3 is 0 Å². The van der Waals surface area contributed by atoms with Gasteiger partial charge in [-0.15, -0.1) is 0 Å². The summed E-state index contributed by atoms with van der Waals surface area (Å²) in [5.41, 5.74) is 1.94. The van der Waals surface area contributed by atoms with Gasteiger partial charge in [-0.25, -0.2) is 4.98 Å². The van der Waals surface area contributed by atoms with Crippen LogP contribution in [0.1, 0.15) is 26.6 Å². The van der Waals surface area contributed by atoms with E-state index in [4.69, 9.17) is 4.42 Å². The van der Waals surface area contributed by atoms with Gasteiger partial charge < -0.3 is 4.42 Å². The number of hydrogen-bond acceptors (Lipinski definition) is 4. The molecule has 74 valence electrons. The van der Waals surface area contributed by atoms with Crippen LogP contribution in [0.15, 0.2) is 16.5 Å². The molecule has 0 bridgehead atoms. The summed E-state index contributed by atoms with van der Waals surface area (Å²) in [4.78, 5) is 26.9. The van der Waals surface area contributed by atoms with Crippen molar-refractivity contribution in [1.29, 1.82) is 0 Å². The minimum absolute atomic E-state index is 0.0631. The van der Waals surface area contributed by atoms with Crippen LogP contribution < -0.4 is 5.32 Å². The number of carbonyl (C=O) groups excluding carboxylic acids is 2. The highest BCUT2D eigenvalue weighted by molar-refractivity contribution is 6.24. The molecule has 0 spiro atoms. The third-order valence-corrected chi connectivity index (χ3v) is 2.33. The van der Waals surface area contributed by atoms with E-state index >= 15 is 0 Å². The number of hydrogen-bond donors (Lipinski definition) is 1. The van der Waals surface area contributed by atoms with Crippen LogP contribution in [0.4, 0.5) is 0 Å². The Balaban J connectivity index is 2.46. The lowest BCUT2D eigenvalue weighted by atomic mass is 10.2. The molecule has 0 saturated heterocycles. The smallest absolute Gasteiger partial charge is 0.294 e. The normalized spacial score (nSPS) is 14.5. The Morgan fingerprint density at radius 3 is 2.87 bits per heavy atom. The monoisotopic (exact) mass is 202 g/mol. The van der Waals surface area contributed by atoms with Crippen molar-refractivity contribution in [3.05, 3.63) is 29.2 Å². The van der Waals surface area contributed by atoms with E-state index in [2.05, 4.69) is 10.3 Å². The molecule has 2 amide bonds. The van der Waals surface area contributed by atoms with Crippen LogP contribution in [0, 0.1) is 6.92 Å². The third kappa shape index (κ3) is 0.942. The molecular weight excluding hydrogens is 196 g/mol. The molecule has 0 aromatic carbocycles. The molecule has 1 aliphatic rings. The lowest BCUT2D eigenvalue weighted by Crippen LogP contribution is -2.20. The number of amides is 2. The van der Waals surface area contributed by atoms with Crippen molar-refractivity contribution in [1.82, 2.24) is 10.3 Å². The molecule has 2 aromatic rings. The molecule has 3 rings (SSSR count). The summed E-state index contributed by atoms with van der Waals surface area (Å²) in [5, 5.41) is 2.16. The lowest BCUT2D eigenvalue weighted by molar-refractivity contribution is 0.0870. The van der Waals surface area contributed by atoms with E-state index in [1.807, 2.05) is 6.92 Å². The van der Waals surface area contributed by atoms with Gasteiger partial charge in [0.05, 0.1) is 0 Å². The van der Waals surface area contributed by atoms with Crippen molar-refractivity contribution in [3.8, 4) is 0 Å². The Morgan fingerprint density at radius 1 is 1.27 bits per heavy atom. The van der Waals surface area contributed by atoms with E-state index in [1.165, 1.54) is 0 Å². The summed E-state index contributed by atoms with van der Waals surface area (Å²) >= 11 is 0. The Morgan fingerprint density at radius 2 is 2.07 bits per heavy atom. The molecule has 5 heteroatoms. The van der Waals surface area contributed by atoms with E-state index < -0.39 is 11.8 Å². The molecule has 1 aliphatic heterocycles. The second kappa shape index (κ2) is 2.44. The first-order valence-electron chi connectivity index (χ1n) is 4.42. The molecule has 2 aromatic heterocycles. The SMILES string of the molecule is Cc1ccc2oc3c(c2n1)C(=O)NC3=O. The highest BCUT2D eigenvalue weighted by Gasteiger charge is 2.34. The number of carbonyl (C=O) groups is 2. The number of aryl methyl sites for hydroxylation is 1. The van der Waals surface area contributed by atoms with Gasteiger partial charge in [-0.1, -0.05) is 0 Å². The van der Waals surface area contributed by atoms with Crippen molar-refractivity contribution in [2.45, 2.75) is 6.92 Å². The fourth-order valence-electron chi connectivity index (χ4n) is 1.67. The van der Waals surface area contributed by atoms with Crippen LogP contribution >= 0.6 is 0 Å². The van der Waals surface area contributed by atoms with Crippen molar-refractivity contribution in [2.75, 3.05) is 0 Å². The average Bonchev–Trinajstić information content (AvgIpc) is 2.67.